The van der Waals surface area contributed by atoms with Gasteiger partial charge >= 0.3 is 11.9 Å². The minimum Gasteiger partial charge on any atom is -0.463 e. The average Bonchev–Trinajstić information content (AvgIpc) is 2.77. The Morgan fingerprint density at radius 3 is 2.67 bits per heavy atom. The Morgan fingerprint density at radius 2 is 2.17 bits per heavy atom. The molecular formula is C10H13FINO5. The molecule has 18 heavy (non-hydrogen) atoms. The van der Waals surface area contributed by atoms with E-state index >= 15 is 0 Å². The van der Waals surface area contributed by atoms with Crippen LogP contribution in [0.15, 0.2) is 0 Å². The van der Waals surface area contributed by atoms with Crippen LogP contribution in [0, 0.1) is 0 Å². The summed E-state index contributed by atoms with van der Waals surface area (Å²) in [5.74, 6) is -1.08. The summed E-state index contributed by atoms with van der Waals surface area (Å²) in [6.45, 7) is 2.32. The highest BCUT2D eigenvalue weighted by atomic mass is 127. The first kappa shape index (κ1) is 13.9. The number of halogens is 2. The van der Waals surface area contributed by atoms with Gasteiger partial charge in [0, 0.05) is 43.1 Å². The van der Waals surface area contributed by atoms with Gasteiger partial charge in [-0.05, 0) is 0 Å². The number of nitrogens with one attached hydrogen (secondary N) is 1. The van der Waals surface area contributed by atoms with Crippen molar-refractivity contribution < 1.29 is 28.2 Å². The fraction of sp³-hybridized carbons (Fsp3) is 0.800. The van der Waals surface area contributed by atoms with Crippen LogP contribution in [0.5, 0.6) is 0 Å². The van der Waals surface area contributed by atoms with E-state index in [0.717, 1.165) is 0 Å². The molecule has 2 fully saturated rings. The molecule has 0 amide bonds. The van der Waals surface area contributed by atoms with Crippen LogP contribution in [0.4, 0.5) is 4.39 Å². The lowest BCUT2D eigenvalue weighted by atomic mass is 10.1. The van der Waals surface area contributed by atoms with Gasteiger partial charge in [0.2, 0.25) is 0 Å². The van der Waals surface area contributed by atoms with E-state index in [4.69, 9.17) is 14.2 Å². The van der Waals surface area contributed by atoms with Gasteiger partial charge in [-0.25, -0.2) is 7.92 Å². The van der Waals surface area contributed by atoms with Gasteiger partial charge in [-0.15, -0.1) is 0 Å². The standard InChI is InChI=1S/C10H13FINO5/c1-5(14)16-3-7-10(18-6(2)15)4-9(10,11)8(13-12)17-7/h7-8,13H,3-4H2,1-2H3/t7-,8-,9?,10?/m1/s1. The Kier molecular flexibility index (Phi) is 3.54. The molecule has 4 atom stereocenters. The second kappa shape index (κ2) is 4.57. The number of carbonyl (C=O) groups excluding carboxylic acids is 2. The average molecular weight is 373 g/mol. The molecule has 6 nitrogen and oxygen atoms in total. The van der Waals surface area contributed by atoms with Crippen molar-refractivity contribution in [2.45, 2.75) is 43.9 Å². The first-order valence-corrected chi connectivity index (χ1v) is 6.47. The zero-order valence-electron chi connectivity index (χ0n) is 9.87. The van der Waals surface area contributed by atoms with Crippen molar-refractivity contribution >= 4 is 34.8 Å². The van der Waals surface area contributed by atoms with Crippen molar-refractivity contribution in [2.24, 2.45) is 0 Å². The molecule has 0 aromatic carbocycles. The molecule has 102 valence electrons. The van der Waals surface area contributed by atoms with Crippen molar-refractivity contribution in [3.63, 3.8) is 0 Å². The molecule has 0 aromatic heterocycles. The fourth-order valence-corrected chi connectivity index (χ4v) is 2.98. The van der Waals surface area contributed by atoms with Gasteiger partial charge in [-0.2, -0.15) is 0 Å². The Labute approximate surface area is 117 Å². The number of ether oxygens (including phenoxy) is 3. The smallest absolute Gasteiger partial charge is 0.303 e. The number of esters is 2. The second-order valence-electron chi connectivity index (χ2n) is 4.44. The molecule has 0 radical (unpaired) electrons. The molecule has 1 heterocycles. The van der Waals surface area contributed by atoms with Gasteiger partial charge in [-0.3, -0.25) is 9.59 Å². The van der Waals surface area contributed by atoms with Crippen LogP contribution >= 0.6 is 22.9 Å². The predicted octanol–water partition coefficient (Wildman–Crippen LogP) is 0.628. The van der Waals surface area contributed by atoms with Gasteiger partial charge in [-0.1, -0.05) is 0 Å². The van der Waals surface area contributed by atoms with Crippen LogP contribution < -0.4 is 3.53 Å². The highest BCUT2D eigenvalue weighted by Crippen LogP contribution is 2.64. The predicted molar refractivity (Wildman–Crippen MR) is 65.4 cm³/mol. The first-order valence-electron chi connectivity index (χ1n) is 5.39. The maximum atomic E-state index is 14.5. The Bertz CT molecular complexity index is 394. The Hall–Kier alpha value is -0.480. The van der Waals surface area contributed by atoms with E-state index in [9.17, 15) is 14.0 Å². The van der Waals surface area contributed by atoms with E-state index < -0.39 is 35.5 Å². The van der Waals surface area contributed by atoms with Crippen LogP contribution in [0.2, 0.25) is 0 Å². The van der Waals surface area contributed by atoms with E-state index in [1.165, 1.54) is 13.8 Å². The molecule has 0 bridgehead atoms. The number of carbonyl (C=O) groups is 2. The molecule has 8 heteroatoms. The quantitative estimate of drug-likeness (QED) is 0.443. The Balaban J connectivity index is 2.14. The van der Waals surface area contributed by atoms with Gasteiger partial charge in [0.05, 0.1) is 0 Å². The lowest BCUT2D eigenvalue weighted by Gasteiger charge is -2.21. The summed E-state index contributed by atoms with van der Waals surface area (Å²) < 4.78 is 32.5. The van der Waals surface area contributed by atoms with Crippen molar-refractivity contribution in [2.75, 3.05) is 6.61 Å². The highest BCUT2D eigenvalue weighted by Gasteiger charge is 2.85. The van der Waals surface area contributed by atoms with Crippen molar-refractivity contribution in [1.82, 2.24) is 3.53 Å². The zero-order valence-corrected chi connectivity index (χ0v) is 12.0. The Morgan fingerprint density at radius 1 is 1.50 bits per heavy atom. The largest absolute Gasteiger partial charge is 0.463 e. The topological polar surface area (TPSA) is 73.9 Å². The molecule has 1 aliphatic carbocycles. The molecule has 1 aliphatic heterocycles. The monoisotopic (exact) mass is 373 g/mol. The third kappa shape index (κ3) is 1.99. The van der Waals surface area contributed by atoms with Gasteiger partial charge in [0.15, 0.2) is 17.5 Å². The number of rotatable bonds is 4. The fourth-order valence-electron chi connectivity index (χ4n) is 2.34. The molecule has 2 unspecified atom stereocenters. The molecule has 1 saturated carbocycles. The number of hydrogen-bond donors (Lipinski definition) is 1. The minimum absolute atomic E-state index is 0.0478. The summed E-state index contributed by atoms with van der Waals surface area (Å²) in [5, 5.41) is 0. The van der Waals surface area contributed by atoms with Crippen LogP contribution in [-0.4, -0.2) is 42.1 Å². The normalized spacial score (nSPS) is 41.1. The summed E-state index contributed by atoms with van der Waals surface area (Å²) in [5.41, 5.74) is -3.10. The van der Waals surface area contributed by atoms with E-state index in [2.05, 4.69) is 3.53 Å². The van der Waals surface area contributed by atoms with Gasteiger partial charge in [0.1, 0.15) is 12.7 Å². The molecular weight excluding hydrogens is 360 g/mol. The molecule has 2 aliphatic rings. The van der Waals surface area contributed by atoms with E-state index in [1.807, 2.05) is 0 Å². The van der Waals surface area contributed by atoms with Gasteiger partial charge in [0.25, 0.3) is 0 Å². The van der Waals surface area contributed by atoms with Crippen LogP contribution in [0.3, 0.4) is 0 Å². The van der Waals surface area contributed by atoms with Crippen molar-refractivity contribution in [1.29, 1.82) is 0 Å². The number of hydrogen-bond acceptors (Lipinski definition) is 6. The number of alkyl halides is 1. The summed E-state index contributed by atoms with van der Waals surface area (Å²) in [6, 6.07) is 0. The first-order chi connectivity index (χ1) is 8.35. The van der Waals surface area contributed by atoms with Crippen LogP contribution in [0.25, 0.3) is 0 Å². The van der Waals surface area contributed by atoms with E-state index in [0.29, 0.717) is 0 Å². The molecule has 0 aromatic rings. The lowest BCUT2D eigenvalue weighted by molar-refractivity contribution is -0.161. The molecule has 0 spiro atoms. The minimum atomic E-state index is -1.76. The number of fused-ring (bicyclic) bond motifs is 1. The summed E-state index contributed by atoms with van der Waals surface area (Å²) in [4.78, 5) is 21.9. The highest BCUT2D eigenvalue weighted by molar-refractivity contribution is 14.1. The molecule has 1 saturated heterocycles. The summed E-state index contributed by atoms with van der Waals surface area (Å²) >= 11 is 1.77. The molecule has 1 N–H and O–H groups in total. The zero-order chi connectivity index (χ0) is 13.6. The van der Waals surface area contributed by atoms with Gasteiger partial charge < -0.3 is 14.2 Å². The SMILES string of the molecule is CC(=O)OC[C@H]1O[C@@H](NI)C2(F)CC12OC(C)=O. The van der Waals surface area contributed by atoms with Crippen LogP contribution in [0.1, 0.15) is 20.3 Å². The molecule has 2 rings (SSSR count). The third-order valence-corrected chi connectivity index (χ3v) is 3.76. The second-order valence-corrected chi connectivity index (χ2v) is 5.06. The summed E-state index contributed by atoms with van der Waals surface area (Å²) in [7, 11) is 0. The summed E-state index contributed by atoms with van der Waals surface area (Å²) in [6.07, 6.45) is -1.62. The third-order valence-electron chi connectivity index (χ3n) is 3.20. The van der Waals surface area contributed by atoms with Crippen molar-refractivity contribution in [3.05, 3.63) is 0 Å². The van der Waals surface area contributed by atoms with E-state index in [1.54, 1.807) is 22.9 Å². The van der Waals surface area contributed by atoms with Crippen LogP contribution in [-0.2, 0) is 23.8 Å². The maximum absolute atomic E-state index is 14.5. The lowest BCUT2D eigenvalue weighted by Crippen LogP contribution is -2.38. The maximum Gasteiger partial charge on any atom is 0.303 e. The van der Waals surface area contributed by atoms with Crippen molar-refractivity contribution in [3.8, 4) is 0 Å². The van der Waals surface area contributed by atoms with E-state index in [-0.39, 0.29) is 13.0 Å².